The predicted octanol–water partition coefficient (Wildman–Crippen LogP) is 2.12. The van der Waals surface area contributed by atoms with Gasteiger partial charge in [-0.3, -0.25) is 4.79 Å². The smallest absolute Gasteiger partial charge is 0.444 e. The van der Waals surface area contributed by atoms with Crippen LogP contribution in [0.1, 0.15) is 68.2 Å². The molecule has 2 atom stereocenters. The molecule has 11 heteroatoms. The van der Waals surface area contributed by atoms with Crippen LogP contribution in [0.5, 0.6) is 0 Å². The minimum absolute atomic E-state index is 0.0227. The maximum atomic E-state index is 13.0. The molecular weight excluding hydrogens is 449 g/mol. The van der Waals surface area contributed by atoms with Crippen LogP contribution in [0.3, 0.4) is 0 Å². The fourth-order valence-electron chi connectivity index (χ4n) is 4.08. The van der Waals surface area contributed by atoms with Gasteiger partial charge in [-0.05, 0) is 68.2 Å². The van der Waals surface area contributed by atoms with E-state index in [2.05, 4.69) is 20.2 Å². The number of hydrogen-bond donors (Lipinski definition) is 1. The van der Waals surface area contributed by atoms with E-state index in [-0.39, 0.29) is 11.9 Å². The first-order valence-corrected chi connectivity index (χ1v) is 12.3. The van der Waals surface area contributed by atoms with Crippen molar-refractivity contribution in [2.75, 3.05) is 25.0 Å². The summed E-state index contributed by atoms with van der Waals surface area (Å²) in [6.45, 7) is 16.5. The average Bonchev–Trinajstić information content (AvgIpc) is 2.98. The lowest BCUT2D eigenvalue weighted by molar-refractivity contribution is -0.134. The number of rotatable bonds is 5. The van der Waals surface area contributed by atoms with E-state index in [9.17, 15) is 9.59 Å². The Labute approximate surface area is 209 Å². The largest absolute Gasteiger partial charge is 0.498 e. The van der Waals surface area contributed by atoms with Crippen molar-refractivity contribution in [3.05, 3.63) is 12.4 Å². The molecule has 1 aromatic rings. The van der Waals surface area contributed by atoms with E-state index in [1.54, 1.807) is 52.0 Å². The predicted molar refractivity (Wildman–Crippen MR) is 135 cm³/mol. The number of aromatic nitrogens is 2. The SMILES string of the molecule is C[C@H](NC(=O)OC(C)(C)C)C(=O)N(C)[C@H]1CCCN(c2ncc(B3OC(C)(C)C(C)(C)O3)cn2)C1. The van der Waals surface area contributed by atoms with E-state index in [0.29, 0.717) is 12.5 Å². The summed E-state index contributed by atoms with van der Waals surface area (Å²) < 4.78 is 17.4. The molecule has 2 saturated heterocycles. The molecule has 35 heavy (non-hydrogen) atoms. The summed E-state index contributed by atoms with van der Waals surface area (Å²) in [6.07, 6.45) is 4.65. The lowest BCUT2D eigenvalue weighted by Gasteiger charge is -2.38. The van der Waals surface area contributed by atoms with Gasteiger partial charge in [-0.2, -0.15) is 0 Å². The molecule has 2 aliphatic rings. The van der Waals surface area contributed by atoms with Crippen LogP contribution in [0, 0.1) is 0 Å². The summed E-state index contributed by atoms with van der Waals surface area (Å²) >= 11 is 0. The van der Waals surface area contributed by atoms with Crippen LogP contribution in [-0.4, -0.2) is 83.0 Å². The first-order valence-electron chi connectivity index (χ1n) is 12.3. The second-order valence-corrected chi connectivity index (χ2v) is 11.5. The lowest BCUT2D eigenvalue weighted by Crippen LogP contribution is -2.54. The number of anilines is 1. The van der Waals surface area contributed by atoms with Gasteiger partial charge in [0, 0.05) is 44.0 Å². The summed E-state index contributed by atoms with van der Waals surface area (Å²) in [6, 6.07) is -0.716. The van der Waals surface area contributed by atoms with Gasteiger partial charge < -0.3 is 29.2 Å². The molecule has 3 heterocycles. The standard InChI is InChI=1S/C24H40BN5O5/c1-16(28-21(32)33-22(2,3)4)19(31)29(9)18-11-10-12-30(15-18)20-26-13-17(14-27-20)25-34-23(5,6)24(7,8)35-25/h13-14,16,18H,10-12,15H2,1-9H3,(H,28,32)/t16-,18-/m0/s1. The van der Waals surface area contributed by atoms with Crippen LogP contribution in [0.15, 0.2) is 12.4 Å². The molecule has 0 aliphatic carbocycles. The maximum absolute atomic E-state index is 13.0. The fourth-order valence-corrected chi connectivity index (χ4v) is 4.08. The molecule has 0 aromatic carbocycles. The molecule has 194 valence electrons. The molecule has 2 amide bonds. The number of alkyl carbamates (subject to hydrolysis) is 1. The maximum Gasteiger partial charge on any atom is 0.498 e. The van der Waals surface area contributed by atoms with E-state index in [4.69, 9.17) is 14.0 Å². The Hall–Kier alpha value is -2.40. The zero-order chi connectivity index (χ0) is 26.2. The Morgan fingerprint density at radius 3 is 2.31 bits per heavy atom. The molecule has 3 rings (SSSR count). The molecule has 0 spiro atoms. The molecule has 10 nitrogen and oxygen atoms in total. The number of likely N-dealkylation sites (N-methyl/N-ethyl adjacent to an activating group) is 1. The molecule has 0 saturated carbocycles. The Bertz CT molecular complexity index is 902. The van der Waals surface area contributed by atoms with Gasteiger partial charge in [-0.1, -0.05) is 0 Å². The third-order valence-electron chi connectivity index (χ3n) is 6.86. The Morgan fingerprint density at radius 1 is 1.20 bits per heavy atom. The van der Waals surface area contributed by atoms with Gasteiger partial charge in [0.05, 0.1) is 11.2 Å². The van der Waals surface area contributed by atoms with Crippen molar-refractivity contribution in [1.29, 1.82) is 0 Å². The van der Waals surface area contributed by atoms with Crippen LogP contribution in [-0.2, 0) is 18.8 Å². The zero-order valence-electron chi connectivity index (χ0n) is 22.5. The van der Waals surface area contributed by atoms with Crippen LogP contribution >= 0.6 is 0 Å². The van der Waals surface area contributed by atoms with Gasteiger partial charge in [0.2, 0.25) is 11.9 Å². The van der Waals surface area contributed by atoms with Crippen LogP contribution in [0.2, 0.25) is 0 Å². The van der Waals surface area contributed by atoms with Crippen molar-refractivity contribution in [3.63, 3.8) is 0 Å². The van der Waals surface area contributed by atoms with Gasteiger partial charge in [-0.15, -0.1) is 0 Å². The third kappa shape index (κ3) is 6.44. The highest BCUT2D eigenvalue weighted by molar-refractivity contribution is 6.61. The molecule has 2 aliphatic heterocycles. The molecule has 2 fully saturated rings. The van der Waals surface area contributed by atoms with Gasteiger partial charge in [-0.25, -0.2) is 14.8 Å². The minimum Gasteiger partial charge on any atom is -0.444 e. The number of ether oxygens (including phenoxy) is 1. The van der Waals surface area contributed by atoms with Gasteiger partial charge in [0.1, 0.15) is 11.6 Å². The Kier molecular flexibility index (Phi) is 7.71. The highest BCUT2D eigenvalue weighted by atomic mass is 16.7. The summed E-state index contributed by atoms with van der Waals surface area (Å²) in [5.41, 5.74) is -0.706. The van der Waals surface area contributed by atoms with Crippen LogP contribution in [0.4, 0.5) is 10.7 Å². The molecule has 0 radical (unpaired) electrons. The molecule has 1 aromatic heterocycles. The minimum atomic E-state index is -0.694. The van der Waals surface area contributed by atoms with Crippen molar-refractivity contribution in [2.24, 2.45) is 0 Å². The summed E-state index contributed by atoms with van der Waals surface area (Å²) in [7, 11) is 1.26. The van der Waals surface area contributed by atoms with Crippen LogP contribution in [0.25, 0.3) is 0 Å². The fraction of sp³-hybridized carbons (Fsp3) is 0.750. The number of nitrogens with zero attached hydrogens (tertiary/aromatic N) is 4. The number of carbonyl (C=O) groups is 2. The van der Waals surface area contributed by atoms with Crippen molar-refractivity contribution >= 4 is 30.5 Å². The van der Waals surface area contributed by atoms with Gasteiger partial charge in [0.25, 0.3) is 0 Å². The zero-order valence-corrected chi connectivity index (χ0v) is 22.5. The average molecular weight is 489 g/mol. The summed E-state index contributed by atoms with van der Waals surface area (Å²) in [5, 5.41) is 2.63. The lowest BCUT2D eigenvalue weighted by atomic mass is 9.81. The monoisotopic (exact) mass is 489 g/mol. The number of piperidine rings is 1. The van der Waals surface area contributed by atoms with Crippen molar-refractivity contribution < 1.29 is 23.6 Å². The highest BCUT2D eigenvalue weighted by Crippen LogP contribution is 2.36. The van der Waals surface area contributed by atoms with E-state index in [1.165, 1.54) is 0 Å². The highest BCUT2D eigenvalue weighted by Gasteiger charge is 2.52. The Morgan fingerprint density at radius 2 is 1.77 bits per heavy atom. The number of nitrogens with one attached hydrogen (secondary N) is 1. The number of amides is 2. The van der Waals surface area contributed by atoms with E-state index in [0.717, 1.165) is 24.8 Å². The topological polar surface area (TPSA) is 106 Å². The third-order valence-corrected chi connectivity index (χ3v) is 6.86. The van der Waals surface area contributed by atoms with Crippen molar-refractivity contribution in [1.82, 2.24) is 20.2 Å². The molecular formula is C24H40BN5O5. The normalized spacial score (nSPS) is 22.5. The number of carbonyl (C=O) groups excluding carboxylic acids is 2. The first-order chi connectivity index (χ1) is 16.1. The van der Waals surface area contributed by atoms with E-state index in [1.807, 2.05) is 27.7 Å². The second-order valence-electron chi connectivity index (χ2n) is 11.5. The van der Waals surface area contributed by atoms with Crippen molar-refractivity contribution in [3.8, 4) is 0 Å². The first kappa shape index (κ1) is 27.2. The summed E-state index contributed by atoms with van der Waals surface area (Å²) in [5.74, 6) is 0.440. The second kappa shape index (κ2) is 9.93. The van der Waals surface area contributed by atoms with Crippen LogP contribution < -0.4 is 15.7 Å². The molecule has 1 N–H and O–H groups in total. The number of hydrogen-bond acceptors (Lipinski definition) is 8. The quantitative estimate of drug-likeness (QED) is 0.627. The Balaban J connectivity index is 1.59. The van der Waals surface area contributed by atoms with Gasteiger partial charge in [0.15, 0.2) is 0 Å². The summed E-state index contributed by atoms with van der Waals surface area (Å²) in [4.78, 5) is 37.9. The van der Waals surface area contributed by atoms with Gasteiger partial charge >= 0.3 is 13.2 Å². The van der Waals surface area contributed by atoms with E-state index < -0.39 is 36.1 Å². The molecule has 0 bridgehead atoms. The van der Waals surface area contributed by atoms with Crippen molar-refractivity contribution in [2.45, 2.75) is 97.1 Å². The van der Waals surface area contributed by atoms with E-state index >= 15 is 0 Å². The molecule has 0 unspecified atom stereocenters.